The first kappa shape index (κ1) is 17.6. The summed E-state index contributed by atoms with van der Waals surface area (Å²) in [6.07, 6.45) is 2.49. The molecule has 0 spiro atoms. The number of carbonyl (C=O) groups is 1. The van der Waals surface area contributed by atoms with E-state index in [2.05, 4.69) is 5.32 Å². The van der Waals surface area contributed by atoms with Gasteiger partial charge < -0.3 is 21.5 Å². The monoisotopic (exact) mass is 341 g/mol. The van der Waals surface area contributed by atoms with E-state index in [-0.39, 0.29) is 33.7 Å². The van der Waals surface area contributed by atoms with Crippen molar-refractivity contribution in [2.75, 3.05) is 25.1 Å². The molecule has 1 aromatic carbocycles. The topological polar surface area (TPSA) is 125 Å². The van der Waals surface area contributed by atoms with Gasteiger partial charge in [0, 0.05) is 11.6 Å². The lowest BCUT2D eigenvalue weighted by atomic mass is 9.98. The third kappa shape index (κ3) is 3.42. The molecule has 7 nitrogen and oxygen atoms in total. The summed E-state index contributed by atoms with van der Waals surface area (Å²) in [5, 5.41) is 3.33. The summed E-state index contributed by atoms with van der Waals surface area (Å²) >= 11 is 0. The van der Waals surface area contributed by atoms with Gasteiger partial charge in [-0.1, -0.05) is 6.92 Å². The summed E-state index contributed by atoms with van der Waals surface area (Å²) in [5.74, 6) is -0.586. The Hall–Kier alpha value is -1.80. The lowest BCUT2D eigenvalue weighted by Gasteiger charge is -2.20. The van der Waals surface area contributed by atoms with E-state index in [1.807, 2.05) is 0 Å². The van der Waals surface area contributed by atoms with Crippen LogP contribution in [0.15, 0.2) is 11.0 Å². The number of hydrogen-bond acceptors (Lipinski definition) is 6. The van der Waals surface area contributed by atoms with Crippen LogP contribution in [-0.4, -0.2) is 39.8 Å². The van der Waals surface area contributed by atoms with Crippen LogP contribution in [0.4, 0.5) is 5.69 Å². The molecular formula is C15H23N3O4S. The first-order valence-corrected chi connectivity index (χ1v) is 9.22. The first-order chi connectivity index (χ1) is 10.8. The number of hydrogen-bond donors (Lipinski definition) is 3. The van der Waals surface area contributed by atoms with Gasteiger partial charge in [-0.05, 0) is 31.9 Å². The van der Waals surface area contributed by atoms with E-state index < -0.39 is 15.7 Å². The van der Waals surface area contributed by atoms with Gasteiger partial charge >= 0.3 is 0 Å². The molecule has 0 bridgehead atoms. The fraction of sp³-hybridized carbons (Fsp3) is 0.533. The van der Waals surface area contributed by atoms with Crippen LogP contribution < -0.4 is 21.5 Å². The fourth-order valence-corrected chi connectivity index (χ4v) is 3.98. The number of ether oxygens (including phenoxy) is 1. The maximum atomic E-state index is 12.3. The highest BCUT2D eigenvalue weighted by Crippen LogP contribution is 2.36. The number of methoxy groups -OCH3 is 1. The van der Waals surface area contributed by atoms with Crippen molar-refractivity contribution in [3.05, 3.63) is 17.2 Å². The highest BCUT2D eigenvalue weighted by atomic mass is 32.2. The number of anilines is 1. The van der Waals surface area contributed by atoms with Crippen molar-refractivity contribution in [3.63, 3.8) is 0 Å². The second kappa shape index (κ2) is 6.76. The van der Waals surface area contributed by atoms with Crippen molar-refractivity contribution in [1.82, 2.24) is 5.32 Å². The van der Waals surface area contributed by atoms with Crippen LogP contribution in [0.1, 0.15) is 35.7 Å². The zero-order chi connectivity index (χ0) is 17.2. The van der Waals surface area contributed by atoms with Crippen molar-refractivity contribution in [2.45, 2.75) is 37.1 Å². The van der Waals surface area contributed by atoms with Gasteiger partial charge in [0.05, 0.1) is 29.0 Å². The van der Waals surface area contributed by atoms with Crippen LogP contribution in [0.2, 0.25) is 0 Å². The second-order valence-corrected chi connectivity index (χ2v) is 7.86. The summed E-state index contributed by atoms with van der Waals surface area (Å²) in [6, 6.07) is 1.40. The smallest absolute Gasteiger partial charge is 0.252 e. The SMILES string of the molecule is CCS(=O)(=O)c1cc(C(N)=O)c(OC)c(CC2CCCN2)c1N. The van der Waals surface area contributed by atoms with Crippen LogP contribution >= 0.6 is 0 Å². The lowest BCUT2D eigenvalue weighted by molar-refractivity contribution is 0.0997. The minimum absolute atomic E-state index is 0.0433. The molecule has 1 heterocycles. The number of amides is 1. The van der Waals surface area contributed by atoms with Gasteiger partial charge in [-0.15, -0.1) is 0 Å². The number of sulfone groups is 1. The molecule has 0 aliphatic carbocycles. The first-order valence-electron chi connectivity index (χ1n) is 7.57. The molecule has 1 atom stereocenters. The van der Waals surface area contributed by atoms with E-state index in [0.717, 1.165) is 19.4 Å². The summed E-state index contributed by atoms with van der Waals surface area (Å²) < 4.78 is 29.9. The number of carbonyl (C=O) groups excluding carboxylic acids is 1. The van der Waals surface area contributed by atoms with Crippen LogP contribution in [0.3, 0.4) is 0 Å². The van der Waals surface area contributed by atoms with Crippen LogP contribution in [0.5, 0.6) is 5.75 Å². The molecule has 8 heteroatoms. The average Bonchev–Trinajstić information content (AvgIpc) is 3.01. The normalized spacial score (nSPS) is 18.1. The zero-order valence-corrected chi connectivity index (χ0v) is 14.2. The Morgan fingerprint density at radius 3 is 2.65 bits per heavy atom. The van der Waals surface area contributed by atoms with Gasteiger partial charge in [-0.2, -0.15) is 0 Å². The Bertz CT molecular complexity index is 710. The molecule has 0 radical (unpaired) electrons. The molecule has 1 fully saturated rings. The number of rotatable bonds is 6. The molecule has 2 rings (SSSR count). The Morgan fingerprint density at radius 2 is 2.17 bits per heavy atom. The standard InChI is InChI=1S/C15H23N3O4S/c1-3-23(20,21)12-8-11(15(17)19)14(22-2)10(13(12)16)7-9-5-4-6-18-9/h8-9,18H,3-7,16H2,1-2H3,(H2,17,19). The van der Waals surface area contributed by atoms with E-state index in [4.69, 9.17) is 16.2 Å². The second-order valence-electron chi connectivity index (χ2n) is 5.61. The van der Waals surface area contributed by atoms with Gasteiger partial charge in [-0.25, -0.2) is 8.42 Å². The average molecular weight is 341 g/mol. The van der Waals surface area contributed by atoms with Crippen LogP contribution in [-0.2, 0) is 16.3 Å². The number of primary amides is 1. The molecule has 5 N–H and O–H groups in total. The van der Waals surface area contributed by atoms with Gasteiger partial charge in [0.15, 0.2) is 9.84 Å². The molecule has 1 amide bonds. The lowest BCUT2D eigenvalue weighted by Crippen LogP contribution is -2.26. The third-order valence-corrected chi connectivity index (χ3v) is 5.95. The molecule has 1 aliphatic rings. The predicted octanol–water partition coefficient (Wildman–Crippen LogP) is 0.464. The largest absolute Gasteiger partial charge is 0.496 e. The van der Waals surface area contributed by atoms with Crippen LogP contribution in [0.25, 0.3) is 0 Å². The van der Waals surface area contributed by atoms with Crippen molar-refractivity contribution in [3.8, 4) is 5.75 Å². The molecule has 1 aliphatic heterocycles. The molecule has 1 saturated heterocycles. The van der Waals surface area contributed by atoms with E-state index in [9.17, 15) is 13.2 Å². The predicted molar refractivity (Wildman–Crippen MR) is 88.4 cm³/mol. The minimum Gasteiger partial charge on any atom is -0.496 e. The summed E-state index contributed by atoms with van der Waals surface area (Å²) in [6.45, 7) is 2.43. The van der Waals surface area contributed by atoms with E-state index in [1.54, 1.807) is 0 Å². The summed E-state index contributed by atoms with van der Waals surface area (Å²) in [4.78, 5) is 11.7. The van der Waals surface area contributed by atoms with Crippen LogP contribution in [0, 0.1) is 0 Å². The van der Waals surface area contributed by atoms with E-state index >= 15 is 0 Å². The molecule has 1 aromatic rings. The molecule has 0 aromatic heterocycles. The van der Waals surface area contributed by atoms with Gasteiger partial charge in [0.2, 0.25) is 0 Å². The van der Waals surface area contributed by atoms with Crippen molar-refractivity contribution >= 4 is 21.4 Å². The Labute approximate surface area is 136 Å². The minimum atomic E-state index is -3.57. The van der Waals surface area contributed by atoms with E-state index in [0.29, 0.717) is 12.0 Å². The maximum absolute atomic E-state index is 12.3. The van der Waals surface area contributed by atoms with Gasteiger partial charge in [0.25, 0.3) is 5.91 Å². The number of nitrogen functional groups attached to an aromatic ring is 1. The molecular weight excluding hydrogens is 318 g/mol. The number of benzene rings is 1. The van der Waals surface area contributed by atoms with E-state index in [1.165, 1.54) is 20.1 Å². The summed E-state index contributed by atoms with van der Waals surface area (Å²) in [5.41, 5.74) is 12.2. The Balaban J connectivity index is 2.67. The quantitative estimate of drug-likeness (QED) is 0.646. The molecule has 23 heavy (non-hydrogen) atoms. The van der Waals surface area contributed by atoms with Crippen molar-refractivity contribution in [1.29, 1.82) is 0 Å². The molecule has 0 saturated carbocycles. The van der Waals surface area contributed by atoms with Gasteiger partial charge in [-0.3, -0.25) is 4.79 Å². The number of nitrogens with one attached hydrogen (secondary N) is 1. The maximum Gasteiger partial charge on any atom is 0.252 e. The summed E-state index contributed by atoms with van der Waals surface area (Å²) in [7, 11) is -2.16. The molecule has 1 unspecified atom stereocenters. The van der Waals surface area contributed by atoms with Crippen molar-refractivity contribution < 1.29 is 17.9 Å². The number of nitrogens with two attached hydrogens (primary N) is 2. The fourth-order valence-electron chi connectivity index (χ4n) is 2.92. The highest BCUT2D eigenvalue weighted by Gasteiger charge is 2.27. The van der Waals surface area contributed by atoms with Gasteiger partial charge in [0.1, 0.15) is 5.75 Å². The zero-order valence-electron chi connectivity index (χ0n) is 13.4. The third-order valence-electron chi connectivity index (χ3n) is 4.18. The van der Waals surface area contributed by atoms with Crippen molar-refractivity contribution in [2.24, 2.45) is 5.73 Å². The molecule has 128 valence electrons. The Kier molecular flexibility index (Phi) is 5.16. The highest BCUT2D eigenvalue weighted by molar-refractivity contribution is 7.91. The Morgan fingerprint density at radius 1 is 1.48 bits per heavy atom.